The van der Waals surface area contributed by atoms with E-state index >= 15 is 0 Å². The standard InChI is InChI=1S/C11H16N4O3/c1-3-8(9(12)15-17)14-10(16)7-5-4-6-13-11(7)18-2/h4-6,8,17H,3H2,1-2H3,(H2,12,15)(H,14,16). The lowest BCUT2D eigenvalue weighted by molar-refractivity contribution is 0.0942. The number of amides is 1. The third-order valence-electron chi connectivity index (χ3n) is 2.40. The van der Waals surface area contributed by atoms with Crippen molar-refractivity contribution in [1.82, 2.24) is 10.3 Å². The first-order valence-corrected chi connectivity index (χ1v) is 5.41. The van der Waals surface area contributed by atoms with Crippen molar-refractivity contribution in [2.45, 2.75) is 19.4 Å². The molecule has 0 saturated carbocycles. The van der Waals surface area contributed by atoms with Crippen molar-refractivity contribution in [2.75, 3.05) is 7.11 Å². The van der Waals surface area contributed by atoms with Gasteiger partial charge < -0.3 is 21.0 Å². The summed E-state index contributed by atoms with van der Waals surface area (Å²) in [5.41, 5.74) is 5.76. The molecule has 0 radical (unpaired) electrons. The van der Waals surface area contributed by atoms with Crippen LogP contribution in [0.3, 0.4) is 0 Å². The van der Waals surface area contributed by atoms with Crippen molar-refractivity contribution in [1.29, 1.82) is 0 Å². The largest absolute Gasteiger partial charge is 0.480 e. The molecule has 1 rings (SSSR count). The van der Waals surface area contributed by atoms with Gasteiger partial charge in [-0.25, -0.2) is 4.98 Å². The summed E-state index contributed by atoms with van der Waals surface area (Å²) in [5, 5.41) is 14.1. The average molecular weight is 252 g/mol. The minimum Gasteiger partial charge on any atom is -0.480 e. The van der Waals surface area contributed by atoms with Gasteiger partial charge in [0.1, 0.15) is 5.56 Å². The number of carbonyl (C=O) groups excluding carboxylic acids is 1. The van der Waals surface area contributed by atoms with Crippen LogP contribution in [0.4, 0.5) is 0 Å². The van der Waals surface area contributed by atoms with Gasteiger partial charge in [0.05, 0.1) is 13.2 Å². The number of oxime groups is 1. The molecule has 0 spiro atoms. The Morgan fingerprint density at radius 2 is 2.44 bits per heavy atom. The van der Waals surface area contributed by atoms with Gasteiger partial charge in [0.15, 0.2) is 5.84 Å². The molecular formula is C11H16N4O3. The van der Waals surface area contributed by atoms with Crippen LogP contribution in [-0.2, 0) is 0 Å². The van der Waals surface area contributed by atoms with E-state index in [0.29, 0.717) is 12.0 Å². The molecule has 7 nitrogen and oxygen atoms in total. The Bertz CT molecular complexity index is 448. The Labute approximate surface area is 105 Å². The zero-order valence-electron chi connectivity index (χ0n) is 10.3. The van der Waals surface area contributed by atoms with E-state index < -0.39 is 11.9 Å². The number of rotatable bonds is 5. The zero-order chi connectivity index (χ0) is 13.5. The van der Waals surface area contributed by atoms with Crippen molar-refractivity contribution in [3.05, 3.63) is 23.9 Å². The van der Waals surface area contributed by atoms with E-state index in [9.17, 15) is 4.79 Å². The highest BCUT2D eigenvalue weighted by molar-refractivity contribution is 5.99. The maximum atomic E-state index is 12.0. The number of nitrogens with zero attached hydrogens (tertiary/aromatic N) is 2. The number of pyridine rings is 1. The van der Waals surface area contributed by atoms with Crippen LogP contribution < -0.4 is 15.8 Å². The minimum absolute atomic E-state index is 0.0475. The Morgan fingerprint density at radius 1 is 1.72 bits per heavy atom. The monoisotopic (exact) mass is 252 g/mol. The quantitative estimate of drug-likeness (QED) is 0.303. The Kier molecular flexibility index (Phi) is 4.91. The number of nitrogens with one attached hydrogen (secondary N) is 1. The van der Waals surface area contributed by atoms with Crippen molar-refractivity contribution < 1.29 is 14.7 Å². The summed E-state index contributed by atoms with van der Waals surface area (Å²) < 4.78 is 4.99. The normalized spacial score (nSPS) is 12.9. The van der Waals surface area contributed by atoms with Crippen LogP contribution in [0.15, 0.2) is 23.5 Å². The fraction of sp³-hybridized carbons (Fsp3) is 0.364. The second-order valence-electron chi connectivity index (χ2n) is 3.52. The van der Waals surface area contributed by atoms with E-state index in [1.165, 1.54) is 13.3 Å². The van der Waals surface area contributed by atoms with Gasteiger partial charge in [-0.2, -0.15) is 0 Å². The fourth-order valence-corrected chi connectivity index (χ4v) is 1.42. The summed E-state index contributed by atoms with van der Waals surface area (Å²) >= 11 is 0. The molecule has 0 saturated heterocycles. The van der Waals surface area contributed by atoms with E-state index in [4.69, 9.17) is 15.7 Å². The van der Waals surface area contributed by atoms with Gasteiger partial charge in [0.2, 0.25) is 5.88 Å². The molecular weight excluding hydrogens is 236 g/mol. The maximum Gasteiger partial charge on any atom is 0.257 e. The summed E-state index contributed by atoms with van der Waals surface area (Å²) in [6.07, 6.45) is 2.03. The van der Waals surface area contributed by atoms with E-state index in [0.717, 1.165) is 0 Å². The van der Waals surface area contributed by atoms with Gasteiger partial charge in [0, 0.05) is 6.20 Å². The van der Waals surface area contributed by atoms with Crippen LogP contribution in [0, 0.1) is 0 Å². The number of hydrogen-bond donors (Lipinski definition) is 3. The predicted molar refractivity (Wildman–Crippen MR) is 65.7 cm³/mol. The van der Waals surface area contributed by atoms with Crippen LogP contribution in [0.25, 0.3) is 0 Å². The number of nitrogens with two attached hydrogens (primary N) is 1. The molecule has 0 aliphatic heterocycles. The molecule has 0 aliphatic carbocycles. The summed E-state index contributed by atoms with van der Waals surface area (Å²) in [4.78, 5) is 15.9. The van der Waals surface area contributed by atoms with E-state index in [2.05, 4.69) is 15.5 Å². The van der Waals surface area contributed by atoms with Crippen molar-refractivity contribution in [2.24, 2.45) is 10.9 Å². The lowest BCUT2D eigenvalue weighted by Crippen LogP contribution is -2.44. The van der Waals surface area contributed by atoms with E-state index in [1.807, 2.05) is 6.92 Å². The summed E-state index contributed by atoms with van der Waals surface area (Å²) in [5.74, 6) is -0.212. The molecule has 0 bridgehead atoms. The predicted octanol–water partition coefficient (Wildman–Crippen LogP) is 0.345. The lowest BCUT2D eigenvalue weighted by atomic mass is 10.2. The van der Waals surface area contributed by atoms with Gasteiger partial charge >= 0.3 is 0 Å². The molecule has 18 heavy (non-hydrogen) atoms. The second kappa shape index (κ2) is 6.43. The van der Waals surface area contributed by atoms with Crippen LogP contribution in [0.1, 0.15) is 23.7 Å². The molecule has 1 heterocycles. The lowest BCUT2D eigenvalue weighted by Gasteiger charge is -2.15. The Hall–Kier alpha value is -2.31. The molecule has 1 unspecified atom stereocenters. The van der Waals surface area contributed by atoms with Crippen molar-refractivity contribution in [3.63, 3.8) is 0 Å². The van der Waals surface area contributed by atoms with Crippen LogP contribution >= 0.6 is 0 Å². The first-order chi connectivity index (χ1) is 8.63. The van der Waals surface area contributed by atoms with Gasteiger partial charge in [0.25, 0.3) is 5.91 Å². The fourth-order valence-electron chi connectivity index (χ4n) is 1.42. The van der Waals surface area contributed by atoms with E-state index in [1.54, 1.807) is 12.1 Å². The number of hydrogen-bond acceptors (Lipinski definition) is 5. The molecule has 1 aromatic rings. The molecule has 1 amide bonds. The maximum absolute atomic E-state index is 12.0. The zero-order valence-corrected chi connectivity index (χ0v) is 10.3. The highest BCUT2D eigenvalue weighted by Crippen LogP contribution is 2.13. The first kappa shape index (κ1) is 13.8. The summed E-state index contributed by atoms with van der Waals surface area (Å²) in [6.45, 7) is 1.81. The molecule has 0 fully saturated rings. The number of aromatic nitrogens is 1. The van der Waals surface area contributed by atoms with Crippen molar-refractivity contribution >= 4 is 11.7 Å². The molecule has 0 aromatic carbocycles. The smallest absolute Gasteiger partial charge is 0.257 e. The van der Waals surface area contributed by atoms with Crippen LogP contribution in [0.2, 0.25) is 0 Å². The average Bonchev–Trinajstić information content (AvgIpc) is 2.43. The number of methoxy groups -OCH3 is 1. The third-order valence-corrected chi connectivity index (χ3v) is 2.40. The van der Waals surface area contributed by atoms with Gasteiger partial charge in [-0.3, -0.25) is 4.79 Å². The SMILES string of the molecule is CCC(NC(=O)c1cccnc1OC)C(N)=NO. The highest BCUT2D eigenvalue weighted by atomic mass is 16.5. The van der Waals surface area contributed by atoms with Gasteiger partial charge in [-0.1, -0.05) is 12.1 Å². The topological polar surface area (TPSA) is 110 Å². The third kappa shape index (κ3) is 3.09. The van der Waals surface area contributed by atoms with Crippen molar-refractivity contribution in [3.8, 4) is 5.88 Å². The van der Waals surface area contributed by atoms with Gasteiger partial charge in [-0.15, -0.1) is 0 Å². The second-order valence-corrected chi connectivity index (χ2v) is 3.52. The molecule has 98 valence electrons. The molecule has 4 N–H and O–H groups in total. The number of carbonyl (C=O) groups is 1. The Balaban J connectivity index is 2.87. The number of ether oxygens (including phenoxy) is 1. The van der Waals surface area contributed by atoms with Crippen LogP contribution in [-0.4, -0.2) is 35.1 Å². The molecule has 1 atom stereocenters. The summed E-state index contributed by atoms with van der Waals surface area (Å²) in [7, 11) is 1.43. The molecule has 7 heteroatoms. The molecule has 1 aromatic heterocycles. The highest BCUT2D eigenvalue weighted by Gasteiger charge is 2.19. The summed E-state index contributed by atoms with van der Waals surface area (Å²) in [6, 6.07) is 2.68. The number of amidine groups is 1. The van der Waals surface area contributed by atoms with E-state index in [-0.39, 0.29) is 11.7 Å². The first-order valence-electron chi connectivity index (χ1n) is 5.41. The van der Waals surface area contributed by atoms with Crippen LogP contribution in [0.5, 0.6) is 5.88 Å². The molecule has 0 aliphatic rings. The Morgan fingerprint density at radius 3 is 3.00 bits per heavy atom. The minimum atomic E-state index is -0.535. The van der Waals surface area contributed by atoms with Gasteiger partial charge in [-0.05, 0) is 18.6 Å².